The van der Waals surface area contributed by atoms with E-state index in [2.05, 4.69) is 62.5 Å². The highest BCUT2D eigenvalue weighted by molar-refractivity contribution is 7.45. The standard InChI is InChI=1S/C43H78NO8P/c1-6-8-10-12-14-16-18-20-22-24-25-27-29-31-33-35-42(45)49-39-41(40-51-53(47,48)50-38-37-44(3,4)5)52-43(46)36-34-32-30-28-26-23-21-19-17-15-13-11-9-7-2/h8,10,14,16,20,22,25,27,41H,6-7,9,11-13,15,17-19,21,23-24,26,28-40H2,1-5H3/b10-8+,16-14+,22-20+,27-25+/t41-/m1/s1. The summed E-state index contributed by atoms with van der Waals surface area (Å²) in [6.45, 7) is 4.05. The van der Waals surface area contributed by atoms with Gasteiger partial charge in [-0.25, -0.2) is 0 Å². The van der Waals surface area contributed by atoms with Crippen molar-refractivity contribution >= 4 is 19.8 Å². The average molecular weight is 768 g/mol. The van der Waals surface area contributed by atoms with Crippen LogP contribution in [0.4, 0.5) is 0 Å². The third kappa shape index (κ3) is 39.5. The molecule has 0 fully saturated rings. The van der Waals surface area contributed by atoms with Crippen molar-refractivity contribution in [1.29, 1.82) is 0 Å². The topological polar surface area (TPSA) is 111 Å². The maximum atomic E-state index is 12.6. The summed E-state index contributed by atoms with van der Waals surface area (Å²) >= 11 is 0. The first kappa shape index (κ1) is 51.0. The molecule has 0 rings (SSSR count). The molecule has 0 aliphatic rings. The number of phosphoric ester groups is 1. The first-order valence-corrected chi connectivity index (χ1v) is 22.3. The van der Waals surface area contributed by atoms with Crippen molar-refractivity contribution in [1.82, 2.24) is 0 Å². The van der Waals surface area contributed by atoms with Crippen LogP contribution in [0.5, 0.6) is 0 Å². The number of carbonyl (C=O) groups excluding carboxylic acids is 2. The number of ether oxygens (including phenoxy) is 2. The quantitative estimate of drug-likeness (QED) is 0.0202. The fourth-order valence-corrected chi connectivity index (χ4v) is 6.08. The number of hydrogen-bond acceptors (Lipinski definition) is 8. The van der Waals surface area contributed by atoms with Gasteiger partial charge in [0.15, 0.2) is 6.10 Å². The molecule has 10 heteroatoms. The summed E-state index contributed by atoms with van der Waals surface area (Å²) in [5.41, 5.74) is 0. The monoisotopic (exact) mass is 768 g/mol. The van der Waals surface area contributed by atoms with Crippen LogP contribution in [0.15, 0.2) is 48.6 Å². The zero-order valence-corrected chi connectivity index (χ0v) is 35.3. The van der Waals surface area contributed by atoms with E-state index in [1.807, 2.05) is 21.1 Å². The van der Waals surface area contributed by atoms with Gasteiger partial charge in [-0.2, -0.15) is 0 Å². The van der Waals surface area contributed by atoms with Gasteiger partial charge in [0.25, 0.3) is 7.82 Å². The summed E-state index contributed by atoms with van der Waals surface area (Å²) < 4.78 is 33.8. The predicted molar refractivity (Wildman–Crippen MR) is 217 cm³/mol. The number of phosphoric acid groups is 1. The number of nitrogens with zero attached hydrogens (tertiary/aromatic N) is 1. The highest BCUT2D eigenvalue weighted by Crippen LogP contribution is 2.38. The lowest BCUT2D eigenvalue weighted by Gasteiger charge is -2.28. The van der Waals surface area contributed by atoms with E-state index < -0.39 is 32.5 Å². The Labute approximate surface area is 324 Å². The fourth-order valence-electron chi connectivity index (χ4n) is 5.35. The van der Waals surface area contributed by atoms with Crippen molar-refractivity contribution in [3.05, 3.63) is 48.6 Å². The van der Waals surface area contributed by atoms with Gasteiger partial charge in [0.1, 0.15) is 19.8 Å². The molecule has 0 saturated carbocycles. The zero-order valence-electron chi connectivity index (χ0n) is 34.4. The number of rotatable bonds is 37. The minimum atomic E-state index is -4.63. The van der Waals surface area contributed by atoms with E-state index in [1.165, 1.54) is 64.2 Å². The van der Waals surface area contributed by atoms with E-state index in [4.69, 9.17) is 18.5 Å². The molecule has 308 valence electrons. The molecule has 2 atom stereocenters. The van der Waals surface area contributed by atoms with E-state index in [9.17, 15) is 19.0 Å². The van der Waals surface area contributed by atoms with E-state index in [0.717, 1.165) is 57.8 Å². The molecule has 0 aliphatic heterocycles. The zero-order chi connectivity index (χ0) is 39.3. The van der Waals surface area contributed by atoms with Crippen LogP contribution in [0.2, 0.25) is 0 Å². The Kier molecular flexibility index (Phi) is 34.3. The minimum absolute atomic E-state index is 0.0379. The second kappa shape index (κ2) is 35.7. The van der Waals surface area contributed by atoms with Gasteiger partial charge in [0.2, 0.25) is 0 Å². The Morgan fingerprint density at radius 3 is 1.60 bits per heavy atom. The molecule has 0 aromatic heterocycles. The van der Waals surface area contributed by atoms with Gasteiger partial charge in [-0.3, -0.25) is 14.2 Å². The highest BCUT2D eigenvalue weighted by atomic mass is 31.2. The fraction of sp³-hybridized carbons (Fsp3) is 0.767. The van der Waals surface area contributed by atoms with Crippen LogP contribution in [-0.2, 0) is 32.7 Å². The van der Waals surface area contributed by atoms with Crippen molar-refractivity contribution < 1.29 is 42.1 Å². The van der Waals surface area contributed by atoms with E-state index >= 15 is 0 Å². The number of carbonyl (C=O) groups is 2. The number of esters is 2. The van der Waals surface area contributed by atoms with Crippen molar-refractivity contribution in [3.8, 4) is 0 Å². The van der Waals surface area contributed by atoms with Gasteiger partial charge in [0, 0.05) is 12.8 Å². The van der Waals surface area contributed by atoms with Crippen LogP contribution in [0.1, 0.15) is 162 Å². The maximum absolute atomic E-state index is 12.6. The third-order valence-electron chi connectivity index (χ3n) is 8.61. The normalized spacial score (nSPS) is 14.2. The van der Waals surface area contributed by atoms with Crippen LogP contribution >= 0.6 is 7.82 Å². The molecule has 0 amide bonds. The summed E-state index contributed by atoms with van der Waals surface area (Å²) in [5.74, 6) is -0.883. The number of unbranched alkanes of at least 4 members (excludes halogenated alkanes) is 15. The van der Waals surface area contributed by atoms with Crippen LogP contribution in [0.3, 0.4) is 0 Å². The van der Waals surface area contributed by atoms with Crippen molar-refractivity contribution in [2.45, 2.75) is 168 Å². The van der Waals surface area contributed by atoms with Gasteiger partial charge in [0.05, 0.1) is 27.7 Å². The second-order valence-electron chi connectivity index (χ2n) is 15.0. The molecule has 0 heterocycles. The minimum Gasteiger partial charge on any atom is -0.756 e. The summed E-state index contributed by atoms with van der Waals surface area (Å²) in [6, 6.07) is 0. The molecule has 0 spiro atoms. The molecule has 53 heavy (non-hydrogen) atoms. The summed E-state index contributed by atoms with van der Waals surface area (Å²) in [4.78, 5) is 37.4. The number of allylic oxidation sites excluding steroid dienone is 8. The Hall–Kier alpha value is -2.03. The summed E-state index contributed by atoms with van der Waals surface area (Å²) in [5, 5.41) is 0. The van der Waals surface area contributed by atoms with Crippen LogP contribution < -0.4 is 4.89 Å². The Morgan fingerprint density at radius 2 is 1.08 bits per heavy atom. The maximum Gasteiger partial charge on any atom is 0.306 e. The van der Waals surface area contributed by atoms with E-state index in [0.29, 0.717) is 23.9 Å². The molecular weight excluding hydrogens is 689 g/mol. The SMILES string of the molecule is CC/C=C/C/C=C/C/C=C/C/C=C/CCCCC(=O)OC[C@H](COP(=O)([O-])OCC[N+](C)(C)C)OC(=O)CCCCCCCCCCCCCCCC. The Bertz CT molecular complexity index is 1050. The van der Waals surface area contributed by atoms with Crippen molar-refractivity contribution in [2.24, 2.45) is 0 Å². The lowest BCUT2D eigenvalue weighted by molar-refractivity contribution is -0.870. The average Bonchev–Trinajstić information content (AvgIpc) is 3.10. The predicted octanol–water partition coefficient (Wildman–Crippen LogP) is 10.9. The number of quaternary nitrogens is 1. The molecule has 0 N–H and O–H groups in total. The number of likely N-dealkylation sites (N-methyl/N-ethyl adjacent to an activating group) is 1. The van der Waals surface area contributed by atoms with Crippen LogP contribution in [-0.4, -0.2) is 70.0 Å². The second-order valence-corrected chi connectivity index (χ2v) is 16.4. The molecule has 0 radical (unpaired) electrons. The molecule has 0 aromatic carbocycles. The molecular formula is C43H78NO8P. The summed E-state index contributed by atoms with van der Waals surface area (Å²) in [7, 11) is 1.14. The van der Waals surface area contributed by atoms with Gasteiger partial charge < -0.3 is 27.9 Å². The smallest absolute Gasteiger partial charge is 0.306 e. The molecule has 0 bridgehead atoms. The molecule has 1 unspecified atom stereocenters. The van der Waals surface area contributed by atoms with Gasteiger partial charge >= 0.3 is 11.9 Å². The van der Waals surface area contributed by atoms with E-state index in [1.54, 1.807) is 0 Å². The molecule has 0 aliphatic carbocycles. The van der Waals surface area contributed by atoms with Crippen LogP contribution in [0, 0.1) is 0 Å². The number of hydrogen-bond donors (Lipinski definition) is 0. The van der Waals surface area contributed by atoms with Crippen molar-refractivity contribution in [3.63, 3.8) is 0 Å². The van der Waals surface area contributed by atoms with Gasteiger partial charge in [-0.15, -0.1) is 0 Å². The van der Waals surface area contributed by atoms with Gasteiger partial charge in [-0.05, 0) is 51.4 Å². The lowest BCUT2D eigenvalue weighted by atomic mass is 10.0. The largest absolute Gasteiger partial charge is 0.756 e. The Morgan fingerprint density at radius 1 is 0.604 bits per heavy atom. The lowest BCUT2D eigenvalue weighted by Crippen LogP contribution is -2.37. The van der Waals surface area contributed by atoms with E-state index in [-0.39, 0.29) is 26.1 Å². The van der Waals surface area contributed by atoms with Crippen LogP contribution in [0.25, 0.3) is 0 Å². The molecule has 0 aromatic rings. The first-order chi connectivity index (χ1) is 25.5. The summed E-state index contributed by atoms with van der Waals surface area (Å²) in [6.07, 6.45) is 40.0. The highest BCUT2D eigenvalue weighted by Gasteiger charge is 2.21. The Balaban J connectivity index is 4.46. The first-order valence-electron chi connectivity index (χ1n) is 20.8. The van der Waals surface area contributed by atoms with Crippen molar-refractivity contribution in [2.75, 3.05) is 47.5 Å². The molecule has 9 nitrogen and oxygen atoms in total. The third-order valence-corrected chi connectivity index (χ3v) is 9.58. The van der Waals surface area contributed by atoms with Gasteiger partial charge in [-0.1, -0.05) is 146 Å². The molecule has 0 saturated heterocycles.